The third-order valence-corrected chi connectivity index (χ3v) is 4.30. The van der Waals surface area contributed by atoms with E-state index in [4.69, 9.17) is 0 Å². The smallest absolute Gasteiger partial charge is 0.0897 e. The maximum Gasteiger partial charge on any atom is 0.0897 e. The fourth-order valence-corrected chi connectivity index (χ4v) is 2.97. The van der Waals surface area contributed by atoms with E-state index in [0.717, 1.165) is 37.2 Å². The number of nitrogens with zero attached hydrogens (tertiary/aromatic N) is 3. The molecule has 1 atom stereocenters. The highest BCUT2D eigenvalue weighted by Crippen LogP contribution is 2.13. The first kappa shape index (κ1) is 15.2. The zero-order valence-corrected chi connectivity index (χ0v) is 13.4. The minimum Gasteiger partial charge on any atom is -0.314 e. The summed E-state index contributed by atoms with van der Waals surface area (Å²) in [6.45, 7) is 5.34. The van der Waals surface area contributed by atoms with Crippen LogP contribution in [0.3, 0.4) is 0 Å². The van der Waals surface area contributed by atoms with Crippen molar-refractivity contribution in [2.45, 2.75) is 45.6 Å². The lowest BCUT2D eigenvalue weighted by molar-refractivity contribution is 0.468. The Kier molecular flexibility index (Phi) is 5.73. The van der Waals surface area contributed by atoms with Crippen LogP contribution in [0.4, 0.5) is 0 Å². The average Bonchev–Trinajstić information content (AvgIpc) is 3.02. The highest BCUT2D eigenvalue weighted by molar-refractivity contribution is 7.09. The lowest BCUT2D eigenvalue weighted by Crippen LogP contribution is -2.32. The fraction of sp³-hybridized carbons (Fsp3) is 0.600. The molecule has 0 aromatic carbocycles. The maximum atomic E-state index is 4.58. The molecule has 0 amide bonds. The van der Waals surface area contributed by atoms with Crippen LogP contribution in [-0.4, -0.2) is 27.4 Å². The molecule has 0 aliphatic heterocycles. The standard InChI is InChI=1S/C15H24N4S/c1-4-8-16-13(10-14-11-20-12(2)18-14)5-6-15-7-9-17-19(15)3/h7,9,11,13,16H,4-6,8,10H2,1-3H3. The third-order valence-electron chi connectivity index (χ3n) is 3.48. The molecule has 0 saturated heterocycles. The lowest BCUT2D eigenvalue weighted by atomic mass is 10.0. The summed E-state index contributed by atoms with van der Waals surface area (Å²) in [7, 11) is 2.01. The topological polar surface area (TPSA) is 42.7 Å². The van der Waals surface area contributed by atoms with Gasteiger partial charge in [-0.2, -0.15) is 5.10 Å². The van der Waals surface area contributed by atoms with Crippen LogP contribution in [0, 0.1) is 6.92 Å². The van der Waals surface area contributed by atoms with Crippen molar-refractivity contribution in [3.05, 3.63) is 34.0 Å². The number of aromatic nitrogens is 3. The number of rotatable bonds is 8. The van der Waals surface area contributed by atoms with Crippen molar-refractivity contribution >= 4 is 11.3 Å². The van der Waals surface area contributed by atoms with Gasteiger partial charge in [0.05, 0.1) is 10.7 Å². The normalized spacial score (nSPS) is 12.8. The zero-order chi connectivity index (χ0) is 14.4. The molecule has 2 heterocycles. The van der Waals surface area contributed by atoms with E-state index in [1.807, 2.05) is 17.9 Å². The Morgan fingerprint density at radius 1 is 1.45 bits per heavy atom. The van der Waals surface area contributed by atoms with E-state index in [2.05, 4.69) is 40.7 Å². The van der Waals surface area contributed by atoms with Crippen molar-refractivity contribution in [3.8, 4) is 0 Å². The summed E-state index contributed by atoms with van der Waals surface area (Å²) in [5.74, 6) is 0. The summed E-state index contributed by atoms with van der Waals surface area (Å²) in [5, 5.41) is 11.2. The first-order valence-electron chi connectivity index (χ1n) is 7.30. The minimum absolute atomic E-state index is 0.492. The molecule has 1 N–H and O–H groups in total. The largest absolute Gasteiger partial charge is 0.314 e. The second-order valence-electron chi connectivity index (χ2n) is 5.20. The molecule has 0 saturated carbocycles. The molecular weight excluding hydrogens is 268 g/mol. The number of hydrogen-bond donors (Lipinski definition) is 1. The van der Waals surface area contributed by atoms with Crippen LogP contribution in [-0.2, 0) is 19.9 Å². The Bertz CT molecular complexity index is 517. The SMILES string of the molecule is CCCNC(CCc1ccnn1C)Cc1csc(C)n1. The lowest BCUT2D eigenvalue weighted by Gasteiger charge is -2.17. The van der Waals surface area contributed by atoms with Gasteiger partial charge in [0.25, 0.3) is 0 Å². The van der Waals surface area contributed by atoms with Crippen LogP contribution in [0.1, 0.15) is 36.2 Å². The van der Waals surface area contributed by atoms with Crippen LogP contribution in [0.5, 0.6) is 0 Å². The number of aryl methyl sites for hydroxylation is 3. The molecule has 2 aromatic heterocycles. The molecule has 0 aliphatic rings. The van der Waals surface area contributed by atoms with Crippen LogP contribution in [0.2, 0.25) is 0 Å². The molecule has 0 aliphatic carbocycles. The third kappa shape index (κ3) is 4.42. The van der Waals surface area contributed by atoms with Crippen molar-refractivity contribution in [2.75, 3.05) is 6.54 Å². The molecule has 2 rings (SSSR count). The summed E-state index contributed by atoms with van der Waals surface area (Å²) in [5.41, 5.74) is 2.51. The molecule has 2 aromatic rings. The number of hydrogen-bond acceptors (Lipinski definition) is 4. The maximum absolute atomic E-state index is 4.58. The van der Waals surface area contributed by atoms with Gasteiger partial charge in [-0.1, -0.05) is 6.92 Å². The van der Waals surface area contributed by atoms with Crippen molar-refractivity contribution in [1.82, 2.24) is 20.1 Å². The van der Waals surface area contributed by atoms with E-state index in [9.17, 15) is 0 Å². The second-order valence-corrected chi connectivity index (χ2v) is 6.26. The summed E-state index contributed by atoms with van der Waals surface area (Å²) in [6, 6.07) is 2.59. The quantitative estimate of drug-likeness (QED) is 0.813. The molecule has 1 unspecified atom stereocenters. The van der Waals surface area contributed by atoms with E-state index in [1.165, 1.54) is 11.4 Å². The Labute approximate surface area is 125 Å². The molecule has 4 nitrogen and oxygen atoms in total. The summed E-state index contributed by atoms with van der Waals surface area (Å²) in [4.78, 5) is 4.58. The van der Waals surface area contributed by atoms with Crippen LogP contribution < -0.4 is 5.32 Å². The van der Waals surface area contributed by atoms with Gasteiger partial charge in [-0.05, 0) is 38.8 Å². The predicted octanol–water partition coefficient (Wildman–Crippen LogP) is 2.73. The van der Waals surface area contributed by atoms with E-state index < -0.39 is 0 Å². The summed E-state index contributed by atoms with van der Waals surface area (Å²) < 4.78 is 1.96. The van der Waals surface area contributed by atoms with E-state index in [1.54, 1.807) is 11.3 Å². The van der Waals surface area contributed by atoms with Gasteiger partial charge in [-0.3, -0.25) is 4.68 Å². The Balaban J connectivity index is 1.91. The highest BCUT2D eigenvalue weighted by atomic mass is 32.1. The Hall–Kier alpha value is -1.20. The monoisotopic (exact) mass is 292 g/mol. The van der Waals surface area contributed by atoms with Gasteiger partial charge in [-0.25, -0.2) is 4.98 Å². The average molecular weight is 292 g/mol. The van der Waals surface area contributed by atoms with E-state index in [-0.39, 0.29) is 0 Å². The fourth-order valence-electron chi connectivity index (χ4n) is 2.35. The van der Waals surface area contributed by atoms with E-state index in [0.29, 0.717) is 6.04 Å². The van der Waals surface area contributed by atoms with Crippen LogP contribution >= 0.6 is 11.3 Å². The van der Waals surface area contributed by atoms with Gasteiger partial charge in [0.15, 0.2) is 0 Å². The zero-order valence-electron chi connectivity index (χ0n) is 12.6. The van der Waals surface area contributed by atoms with E-state index >= 15 is 0 Å². The van der Waals surface area contributed by atoms with Crippen molar-refractivity contribution < 1.29 is 0 Å². The summed E-state index contributed by atoms with van der Waals surface area (Å²) in [6.07, 6.45) is 6.23. The first-order chi connectivity index (χ1) is 9.69. The second kappa shape index (κ2) is 7.55. The highest BCUT2D eigenvalue weighted by Gasteiger charge is 2.12. The molecule has 0 radical (unpaired) electrons. The molecule has 0 spiro atoms. The number of thiazole rings is 1. The van der Waals surface area contributed by atoms with Gasteiger partial charge < -0.3 is 5.32 Å². The minimum atomic E-state index is 0.492. The molecule has 0 bridgehead atoms. The first-order valence-corrected chi connectivity index (χ1v) is 8.18. The van der Waals surface area contributed by atoms with Crippen LogP contribution in [0.15, 0.2) is 17.6 Å². The molecule has 20 heavy (non-hydrogen) atoms. The molecular formula is C15H24N4S. The van der Waals surface area contributed by atoms with Gasteiger partial charge in [0.1, 0.15) is 0 Å². The van der Waals surface area contributed by atoms with Crippen molar-refractivity contribution in [1.29, 1.82) is 0 Å². The molecule has 110 valence electrons. The molecule has 5 heteroatoms. The summed E-state index contributed by atoms with van der Waals surface area (Å²) >= 11 is 1.74. The predicted molar refractivity (Wildman–Crippen MR) is 84.2 cm³/mol. The van der Waals surface area contributed by atoms with Crippen molar-refractivity contribution in [3.63, 3.8) is 0 Å². The molecule has 0 fully saturated rings. The number of nitrogens with one attached hydrogen (secondary N) is 1. The van der Waals surface area contributed by atoms with Gasteiger partial charge in [0.2, 0.25) is 0 Å². The van der Waals surface area contributed by atoms with Gasteiger partial charge >= 0.3 is 0 Å². The Morgan fingerprint density at radius 3 is 2.90 bits per heavy atom. The van der Waals surface area contributed by atoms with Crippen LogP contribution in [0.25, 0.3) is 0 Å². The van der Waals surface area contributed by atoms with Gasteiger partial charge in [-0.15, -0.1) is 11.3 Å². The Morgan fingerprint density at radius 2 is 2.30 bits per heavy atom. The van der Waals surface area contributed by atoms with Gasteiger partial charge in [0, 0.05) is 36.8 Å². The van der Waals surface area contributed by atoms with Crippen molar-refractivity contribution in [2.24, 2.45) is 7.05 Å².